The molecule has 0 unspecified atom stereocenters. The molecule has 0 spiro atoms. The fourth-order valence-electron chi connectivity index (χ4n) is 0.904. The summed E-state index contributed by atoms with van der Waals surface area (Å²) in [4.78, 5) is 10.8. The highest BCUT2D eigenvalue weighted by atomic mass is 32.2. The number of carbonyl (C=O) groups is 1. The summed E-state index contributed by atoms with van der Waals surface area (Å²) in [7, 11) is -1.36. The summed E-state index contributed by atoms with van der Waals surface area (Å²) in [6.07, 6.45) is 0. The lowest BCUT2D eigenvalue weighted by Crippen LogP contribution is -2.27. The number of carboxylic acids is 1. The van der Waals surface area contributed by atoms with Crippen LogP contribution in [0.25, 0.3) is 0 Å². The van der Waals surface area contributed by atoms with Crippen molar-refractivity contribution in [2.24, 2.45) is 0 Å². The number of nitrogens with zero attached hydrogens (tertiary/aromatic N) is 1. The maximum Gasteiger partial charge on any atom is 0.384 e. The molecule has 0 aliphatic heterocycles. The number of aromatic carboxylic acids is 1. The van der Waals surface area contributed by atoms with Crippen LogP contribution in [0.2, 0.25) is 0 Å². The van der Waals surface area contributed by atoms with Gasteiger partial charge in [-0.25, -0.2) is 4.79 Å². The Balaban J connectivity index is 3.12. The Bertz CT molecular complexity index is 494. The molecule has 0 saturated carbocycles. The number of rotatable bonds is 4. The first-order chi connectivity index (χ1) is 7.34. The maximum atomic E-state index is 11.4. The van der Waals surface area contributed by atoms with Crippen molar-refractivity contribution in [3.8, 4) is 5.75 Å². The van der Waals surface area contributed by atoms with E-state index in [1.165, 1.54) is 38.4 Å². The lowest BCUT2D eigenvalue weighted by Gasteiger charge is -2.13. The smallest absolute Gasteiger partial charge is 0.384 e. The zero-order chi connectivity index (χ0) is 12.3. The lowest BCUT2D eigenvalue weighted by atomic mass is 10.2. The summed E-state index contributed by atoms with van der Waals surface area (Å²) in [6.45, 7) is 0. The Labute approximate surface area is 93.3 Å². The first-order valence-corrected chi connectivity index (χ1v) is 5.65. The van der Waals surface area contributed by atoms with Crippen LogP contribution in [0, 0.1) is 0 Å². The molecule has 6 nitrogen and oxygen atoms in total. The molecule has 16 heavy (non-hydrogen) atoms. The van der Waals surface area contributed by atoms with Gasteiger partial charge >= 0.3 is 16.3 Å². The minimum Gasteiger partial charge on any atom is -0.478 e. The van der Waals surface area contributed by atoms with Gasteiger partial charge in [0.2, 0.25) is 0 Å². The maximum absolute atomic E-state index is 11.4. The van der Waals surface area contributed by atoms with E-state index < -0.39 is 16.3 Å². The molecular weight excluding hydrogens is 234 g/mol. The molecule has 0 heterocycles. The molecule has 1 aromatic carbocycles. The minimum atomic E-state index is -3.94. The van der Waals surface area contributed by atoms with Crippen LogP contribution in [0.4, 0.5) is 0 Å². The van der Waals surface area contributed by atoms with Gasteiger partial charge in [-0.15, -0.1) is 0 Å². The van der Waals surface area contributed by atoms with Gasteiger partial charge in [-0.3, -0.25) is 0 Å². The van der Waals surface area contributed by atoms with Crippen LogP contribution in [-0.4, -0.2) is 37.9 Å². The molecule has 88 valence electrons. The molecule has 0 aliphatic rings. The monoisotopic (exact) mass is 245 g/mol. The lowest BCUT2D eigenvalue weighted by molar-refractivity contribution is 0.0695. The van der Waals surface area contributed by atoms with Gasteiger partial charge in [0.1, 0.15) is 5.56 Å². The molecule has 0 radical (unpaired) electrons. The topological polar surface area (TPSA) is 83.9 Å². The van der Waals surface area contributed by atoms with Crippen LogP contribution in [0.1, 0.15) is 10.4 Å². The van der Waals surface area contributed by atoms with Gasteiger partial charge in [0, 0.05) is 14.1 Å². The summed E-state index contributed by atoms with van der Waals surface area (Å²) in [6, 6.07) is 5.53. The van der Waals surface area contributed by atoms with Gasteiger partial charge in [-0.2, -0.15) is 12.7 Å². The Morgan fingerprint density at radius 2 is 1.88 bits per heavy atom. The summed E-state index contributed by atoms with van der Waals surface area (Å²) in [5.74, 6) is -1.45. The zero-order valence-electron chi connectivity index (χ0n) is 8.75. The normalized spacial score (nSPS) is 11.4. The van der Waals surface area contributed by atoms with Crippen molar-refractivity contribution in [2.45, 2.75) is 0 Å². The third-order valence-corrected chi connectivity index (χ3v) is 3.04. The highest BCUT2D eigenvalue weighted by Gasteiger charge is 2.19. The number of carboxylic acid groups (broad SMARTS) is 1. The second-order valence-electron chi connectivity index (χ2n) is 3.12. The summed E-state index contributed by atoms with van der Waals surface area (Å²) in [5.41, 5.74) is -0.201. The predicted molar refractivity (Wildman–Crippen MR) is 56.6 cm³/mol. The van der Waals surface area contributed by atoms with E-state index in [1.807, 2.05) is 0 Å². The van der Waals surface area contributed by atoms with Gasteiger partial charge in [0.05, 0.1) is 0 Å². The fourth-order valence-corrected chi connectivity index (χ4v) is 1.43. The fraction of sp³-hybridized carbons (Fsp3) is 0.222. The Morgan fingerprint density at radius 1 is 1.31 bits per heavy atom. The van der Waals surface area contributed by atoms with E-state index in [9.17, 15) is 13.2 Å². The van der Waals surface area contributed by atoms with Gasteiger partial charge in [0.15, 0.2) is 5.75 Å². The summed E-state index contributed by atoms with van der Waals surface area (Å²) >= 11 is 0. The highest BCUT2D eigenvalue weighted by Crippen LogP contribution is 2.20. The van der Waals surface area contributed by atoms with E-state index >= 15 is 0 Å². The molecule has 0 atom stereocenters. The van der Waals surface area contributed by atoms with Crippen molar-refractivity contribution < 1.29 is 22.5 Å². The molecule has 0 saturated heterocycles. The zero-order valence-corrected chi connectivity index (χ0v) is 9.56. The van der Waals surface area contributed by atoms with E-state index in [4.69, 9.17) is 5.11 Å². The van der Waals surface area contributed by atoms with Crippen LogP contribution < -0.4 is 4.18 Å². The second-order valence-corrected chi connectivity index (χ2v) is 4.88. The Hall–Kier alpha value is -1.60. The van der Waals surface area contributed by atoms with E-state index in [-0.39, 0.29) is 11.3 Å². The van der Waals surface area contributed by atoms with Gasteiger partial charge < -0.3 is 9.29 Å². The molecular formula is C9H11NO5S. The summed E-state index contributed by atoms with van der Waals surface area (Å²) in [5, 5.41) is 8.81. The van der Waals surface area contributed by atoms with E-state index in [0.29, 0.717) is 0 Å². The third kappa shape index (κ3) is 2.71. The van der Waals surface area contributed by atoms with E-state index in [0.717, 1.165) is 4.31 Å². The SMILES string of the molecule is CN(C)S(=O)(=O)Oc1ccccc1C(=O)O. The highest BCUT2D eigenvalue weighted by molar-refractivity contribution is 7.84. The Morgan fingerprint density at radius 3 is 2.38 bits per heavy atom. The molecule has 0 aromatic heterocycles. The number of para-hydroxylation sites is 1. The molecule has 1 N–H and O–H groups in total. The van der Waals surface area contributed by atoms with Gasteiger partial charge in [0.25, 0.3) is 0 Å². The molecule has 0 fully saturated rings. The van der Waals surface area contributed by atoms with Crippen molar-refractivity contribution in [3.05, 3.63) is 29.8 Å². The standard InChI is InChI=1S/C9H11NO5S/c1-10(2)16(13,14)15-8-6-4-3-5-7(8)9(11)12/h3-6H,1-2H3,(H,11,12). The van der Waals surface area contributed by atoms with Crippen molar-refractivity contribution in [1.82, 2.24) is 4.31 Å². The quantitative estimate of drug-likeness (QED) is 0.838. The van der Waals surface area contributed by atoms with Gasteiger partial charge in [-0.1, -0.05) is 12.1 Å². The molecule has 7 heteroatoms. The van der Waals surface area contributed by atoms with Crippen LogP contribution in [0.15, 0.2) is 24.3 Å². The first-order valence-electron chi connectivity index (χ1n) is 4.29. The number of hydrogen-bond acceptors (Lipinski definition) is 4. The number of hydrogen-bond donors (Lipinski definition) is 1. The molecule has 0 amide bonds. The Kier molecular flexibility index (Phi) is 3.51. The average molecular weight is 245 g/mol. The second kappa shape index (κ2) is 4.50. The van der Waals surface area contributed by atoms with Gasteiger partial charge in [-0.05, 0) is 12.1 Å². The molecule has 1 aromatic rings. The predicted octanol–water partition coefficient (Wildman–Crippen LogP) is 0.570. The van der Waals surface area contributed by atoms with Crippen LogP contribution in [0.5, 0.6) is 5.75 Å². The van der Waals surface area contributed by atoms with E-state index in [1.54, 1.807) is 0 Å². The van der Waals surface area contributed by atoms with Crippen molar-refractivity contribution in [2.75, 3.05) is 14.1 Å². The van der Waals surface area contributed by atoms with Crippen LogP contribution in [-0.2, 0) is 10.3 Å². The minimum absolute atomic E-state index is 0.201. The van der Waals surface area contributed by atoms with Crippen molar-refractivity contribution in [3.63, 3.8) is 0 Å². The van der Waals surface area contributed by atoms with E-state index in [2.05, 4.69) is 4.18 Å². The van der Waals surface area contributed by atoms with Crippen molar-refractivity contribution in [1.29, 1.82) is 0 Å². The first kappa shape index (κ1) is 12.5. The largest absolute Gasteiger partial charge is 0.478 e. The molecule has 0 bridgehead atoms. The number of benzene rings is 1. The average Bonchev–Trinajstić information content (AvgIpc) is 2.17. The molecule has 1 rings (SSSR count). The summed E-state index contributed by atoms with van der Waals surface area (Å²) < 4.78 is 28.3. The third-order valence-electron chi connectivity index (χ3n) is 1.76. The van der Waals surface area contributed by atoms with Crippen LogP contribution in [0.3, 0.4) is 0 Å². The molecule has 0 aliphatic carbocycles. The van der Waals surface area contributed by atoms with Crippen molar-refractivity contribution >= 4 is 16.3 Å². The van der Waals surface area contributed by atoms with Crippen LogP contribution >= 0.6 is 0 Å².